The van der Waals surface area contributed by atoms with Crippen molar-refractivity contribution in [1.82, 2.24) is 5.32 Å². The molecule has 1 saturated carbocycles. The van der Waals surface area contributed by atoms with E-state index in [0.29, 0.717) is 24.6 Å². The minimum atomic E-state index is -4.46. The van der Waals surface area contributed by atoms with Gasteiger partial charge < -0.3 is 10.1 Å². The molecule has 0 heterocycles. The second-order valence-electron chi connectivity index (χ2n) is 8.22. The summed E-state index contributed by atoms with van der Waals surface area (Å²) in [5.41, 5.74) is 2.45. The van der Waals surface area contributed by atoms with Crippen LogP contribution in [0.4, 0.5) is 17.6 Å². The summed E-state index contributed by atoms with van der Waals surface area (Å²) in [5.74, 6) is 0.417. The molecule has 0 radical (unpaired) electrons. The Labute approximate surface area is 185 Å². The van der Waals surface area contributed by atoms with Crippen molar-refractivity contribution in [3.05, 3.63) is 89.2 Å². The largest absolute Gasteiger partial charge is 0.492 e. The number of halogens is 4. The second kappa shape index (κ2) is 9.33. The van der Waals surface area contributed by atoms with Crippen LogP contribution in [-0.4, -0.2) is 13.2 Å². The van der Waals surface area contributed by atoms with E-state index in [1.165, 1.54) is 48.2 Å². The first-order chi connectivity index (χ1) is 15.3. The van der Waals surface area contributed by atoms with Crippen molar-refractivity contribution < 1.29 is 22.3 Å². The summed E-state index contributed by atoms with van der Waals surface area (Å²) < 4.78 is 58.8. The van der Waals surface area contributed by atoms with Crippen molar-refractivity contribution in [2.45, 2.75) is 37.9 Å². The van der Waals surface area contributed by atoms with Crippen LogP contribution >= 0.6 is 0 Å². The van der Waals surface area contributed by atoms with Crippen LogP contribution in [-0.2, 0) is 6.18 Å². The van der Waals surface area contributed by atoms with E-state index in [-0.39, 0.29) is 17.4 Å². The standard InChI is InChI=1S/C26H25F4NO/c1-17(19-4-2-5-20(12-19)18-8-9-18)31-10-11-32-25-15-22(14-24(27)16-25)21-6-3-7-23(13-21)26(28,29)30/h2-7,12-18,31H,8-11H2,1H3. The van der Waals surface area contributed by atoms with Crippen molar-refractivity contribution >= 4 is 0 Å². The molecule has 1 aliphatic rings. The van der Waals surface area contributed by atoms with E-state index in [4.69, 9.17) is 4.74 Å². The lowest BCUT2D eigenvalue weighted by molar-refractivity contribution is -0.137. The third kappa shape index (κ3) is 5.68. The van der Waals surface area contributed by atoms with Gasteiger partial charge in [-0.3, -0.25) is 0 Å². The smallest absolute Gasteiger partial charge is 0.416 e. The fourth-order valence-corrected chi connectivity index (χ4v) is 3.75. The Balaban J connectivity index is 1.36. The number of benzene rings is 3. The lowest BCUT2D eigenvalue weighted by Crippen LogP contribution is -2.24. The zero-order chi connectivity index (χ0) is 22.7. The summed E-state index contributed by atoms with van der Waals surface area (Å²) in [6, 6.07) is 17.6. The van der Waals surface area contributed by atoms with E-state index in [9.17, 15) is 17.6 Å². The second-order valence-corrected chi connectivity index (χ2v) is 8.22. The van der Waals surface area contributed by atoms with Gasteiger partial charge in [0.25, 0.3) is 0 Å². The zero-order valence-corrected chi connectivity index (χ0v) is 17.8. The SMILES string of the molecule is CC(NCCOc1cc(F)cc(-c2cccc(C(F)(F)F)c2)c1)c1cccc(C2CC2)c1. The van der Waals surface area contributed by atoms with Crippen molar-refractivity contribution in [2.24, 2.45) is 0 Å². The normalized spacial score (nSPS) is 14.9. The number of hydrogen-bond acceptors (Lipinski definition) is 2. The fourth-order valence-electron chi connectivity index (χ4n) is 3.75. The lowest BCUT2D eigenvalue weighted by atomic mass is 10.0. The monoisotopic (exact) mass is 443 g/mol. The summed E-state index contributed by atoms with van der Waals surface area (Å²) in [7, 11) is 0. The Hall–Kier alpha value is -2.86. The summed E-state index contributed by atoms with van der Waals surface area (Å²) >= 11 is 0. The predicted molar refractivity (Wildman–Crippen MR) is 117 cm³/mol. The maximum absolute atomic E-state index is 14.1. The Bertz CT molecular complexity index is 1080. The minimum Gasteiger partial charge on any atom is -0.492 e. The highest BCUT2D eigenvalue weighted by atomic mass is 19.4. The number of rotatable bonds is 8. The molecule has 1 aliphatic carbocycles. The number of nitrogens with one attached hydrogen (secondary N) is 1. The van der Waals surface area contributed by atoms with Gasteiger partial charge in [-0.2, -0.15) is 13.2 Å². The van der Waals surface area contributed by atoms with Gasteiger partial charge >= 0.3 is 6.18 Å². The number of alkyl halides is 3. The molecular formula is C26H25F4NO. The molecule has 4 rings (SSSR count). The Morgan fingerprint density at radius 1 is 0.969 bits per heavy atom. The maximum Gasteiger partial charge on any atom is 0.416 e. The van der Waals surface area contributed by atoms with Gasteiger partial charge in [0.05, 0.1) is 5.56 Å². The minimum absolute atomic E-state index is 0.144. The zero-order valence-electron chi connectivity index (χ0n) is 17.8. The van der Waals surface area contributed by atoms with E-state index in [1.807, 2.05) is 0 Å². The highest BCUT2D eigenvalue weighted by Crippen LogP contribution is 2.40. The van der Waals surface area contributed by atoms with E-state index in [2.05, 4.69) is 36.5 Å². The lowest BCUT2D eigenvalue weighted by Gasteiger charge is -2.16. The fraction of sp³-hybridized carbons (Fsp3) is 0.308. The van der Waals surface area contributed by atoms with E-state index >= 15 is 0 Å². The molecule has 0 aromatic heterocycles. The number of ether oxygens (including phenoxy) is 1. The molecule has 1 unspecified atom stereocenters. The average molecular weight is 443 g/mol. The molecule has 2 nitrogen and oxygen atoms in total. The van der Waals surface area contributed by atoms with Crippen LogP contribution in [0.3, 0.4) is 0 Å². The van der Waals surface area contributed by atoms with Gasteiger partial charge in [0, 0.05) is 18.7 Å². The van der Waals surface area contributed by atoms with Gasteiger partial charge in [0.15, 0.2) is 0 Å². The molecule has 1 fully saturated rings. The molecule has 3 aromatic rings. The highest BCUT2D eigenvalue weighted by molar-refractivity contribution is 5.66. The molecule has 168 valence electrons. The molecule has 0 spiro atoms. The molecule has 0 bridgehead atoms. The Kier molecular flexibility index (Phi) is 6.51. The molecule has 32 heavy (non-hydrogen) atoms. The molecule has 1 N–H and O–H groups in total. The molecule has 6 heteroatoms. The Morgan fingerprint density at radius 2 is 1.75 bits per heavy atom. The van der Waals surface area contributed by atoms with E-state index in [0.717, 1.165) is 12.1 Å². The maximum atomic E-state index is 14.1. The Morgan fingerprint density at radius 3 is 2.50 bits per heavy atom. The average Bonchev–Trinajstić information content (AvgIpc) is 3.61. The summed E-state index contributed by atoms with van der Waals surface area (Å²) in [5, 5.41) is 3.40. The quantitative estimate of drug-likeness (QED) is 0.296. The van der Waals surface area contributed by atoms with Crippen molar-refractivity contribution in [3.63, 3.8) is 0 Å². The van der Waals surface area contributed by atoms with Gasteiger partial charge in [-0.1, -0.05) is 36.4 Å². The predicted octanol–water partition coefficient (Wildman–Crippen LogP) is 7.12. The van der Waals surface area contributed by atoms with E-state index < -0.39 is 17.6 Å². The van der Waals surface area contributed by atoms with Crippen molar-refractivity contribution in [1.29, 1.82) is 0 Å². The third-order valence-corrected chi connectivity index (χ3v) is 5.68. The molecule has 0 amide bonds. The van der Waals surface area contributed by atoms with Crippen LogP contribution < -0.4 is 10.1 Å². The third-order valence-electron chi connectivity index (χ3n) is 5.68. The number of hydrogen-bond donors (Lipinski definition) is 1. The van der Waals surface area contributed by atoms with Gasteiger partial charge in [-0.05, 0) is 72.2 Å². The first-order valence-electron chi connectivity index (χ1n) is 10.7. The molecule has 0 aliphatic heterocycles. The van der Waals surface area contributed by atoms with Crippen LogP contribution in [0.2, 0.25) is 0 Å². The molecule has 3 aromatic carbocycles. The summed E-state index contributed by atoms with van der Waals surface area (Å²) in [4.78, 5) is 0. The molecule has 1 atom stereocenters. The van der Waals surface area contributed by atoms with Crippen molar-refractivity contribution in [3.8, 4) is 16.9 Å². The van der Waals surface area contributed by atoms with Gasteiger partial charge in [0.2, 0.25) is 0 Å². The molecular weight excluding hydrogens is 418 g/mol. The van der Waals surface area contributed by atoms with Crippen LogP contribution in [0.15, 0.2) is 66.7 Å². The van der Waals surface area contributed by atoms with Crippen LogP contribution in [0.1, 0.15) is 48.4 Å². The van der Waals surface area contributed by atoms with E-state index in [1.54, 1.807) is 6.07 Å². The van der Waals surface area contributed by atoms with Crippen LogP contribution in [0.5, 0.6) is 5.75 Å². The molecule has 0 saturated heterocycles. The van der Waals surface area contributed by atoms with Gasteiger partial charge in [0.1, 0.15) is 18.2 Å². The summed E-state index contributed by atoms with van der Waals surface area (Å²) in [6.45, 7) is 2.93. The van der Waals surface area contributed by atoms with Crippen molar-refractivity contribution in [2.75, 3.05) is 13.2 Å². The first-order valence-corrected chi connectivity index (χ1v) is 10.7. The topological polar surface area (TPSA) is 21.3 Å². The highest BCUT2D eigenvalue weighted by Gasteiger charge is 2.30. The van der Waals surface area contributed by atoms with Gasteiger partial charge in [-0.15, -0.1) is 0 Å². The summed E-state index contributed by atoms with van der Waals surface area (Å²) in [6.07, 6.45) is -1.94. The van der Waals surface area contributed by atoms with Gasteiger partial charge in [-0.25, -0.2) is 4.39 Å². The van der Waals surface area contributed by atoms with Crippen LogP contribution in [0, 0.1) is 5.82 Å². The van der Waals surface area contributed by atoms with Crippen LogP contribution in [0.25, 0.3) is 11.1 Å². The first kappa shape index (κ1) is 22.3.